The summed E-state index contributed by atoms with van der Waals surface area (Å²) in [5.74, 6) is 0.617. The minimum absolute atomic E-state index is 0.0154. The number of anilines is 1. The highest BCUT2D eigenvalue weighted by molar-refractivity contribution is 5.32. The predicted molar refractivity (Wildman–Crippen MR) is 112 cm³/mol. The molecule has 2 aromatic heterocycles. The van der Waals surface area contributed by atoms with E-state index >= 15 is 0 Å². The number of nitrogens with zero attached hydrogens (tertiary/aromatic N) is 5. The van der Waals surface area contributed by atoms with Crippen LogP contribution in [0.4, 0.5) is 5.82 Å². The summed E-state index contributed by atoms with van der Waals surface area (Å²) >= 11 is 0. The fourth-order valence-corrected chi connectivity index (χ4v) is 4.35. The molecule has 1 atom stereocenters. The Morgan fingerprint density at radius 3 is 2.79 bits per heavy atom. The number of piperidine rings is 1. The molecule has 0 aromatic carbocycles. The second kappa shape index (κ2) is 8.90. The van der Waals surface area contributed by atoms with Gasteiger partial charge in [0, 0.05) is 38.3 Å². The van der Waals surface area contributed by atoms with E-state index in [0.29, 0.717) is 18.4 Å². The number of aromatic nitrogens is 4. The van der Waals surface area contributed by atoms with Crippen molar-refractivity contribution in [3.05, 3.63) is 50.4 Å². The fraction of sp³-hybridized carbons (Fsp3) is 0.619. The molecule has 8 nitrogen and oxygen atoms in total. The van der Waals surface area contributed by atoms with Gasteiger partial charge in [0.2, 0.25) is 0 Å². The highest BCUT2D eigenvalue weighted by Crippen LogP contribution is 2.18. The fourth-order valence-electron chi connectivity index (χ4n) is 4.35. The first-order chi connectivity index (χ1) is 14.1. The molecule has 2 aliphatic rings. The molecule has 0 bridgehead atoms. The van der Waals surface area contributed by atoms with Crippen LogP contribution in [-0.2, 0) is 26.4 Å². The van der Waals surface area contributed by atoms with E-state index in [4.69, 9.17) is 0 Å². The molecule has 1 aliphatic carbocycles. The average molecular weight is 399 g/mol. The van der Waals surface area contributed by atoms with Crippen molar-refractivity contribution >= 4 is 5.82 Å². The molecule has 156 valence electrons. The van der Waals surface area contributed by atoms with E-state index in [9.17, 15) is 9.59 Å². The van der Waals surface area contributed by atoms with E-state index in [1.54, 1.807) is 17.8 Å². The lowest BCUT2D eigenvalue weighted by molar-refractivity contribution is 0.147. The van der Waals surface area contributed by atoms with Gasteiger partial charge < -0.3 is 9.88 Å². The average Bonchev–Trinajstić information content (AvgIpc) is 2.73. The molecule has 29 heavy (non-hydrogen) atoms. The number of nitrogens with one attached hydrogen (secondary N) is 1. The van der Waals surface area contributed by atoms with Crippen molar-refractivity contribution in [2.75, 3.05) is 25.0 Å². The van der Waals surface area contributed by atoms with E-state index in [2.05, 4.69) is 20.3 Å². The Morgan fingerprint density at radius 1 is 1.07 bits per heavy atom. The van der Waals surface area contributed by atoms with Gasteiger partial charge in [-0.2, -0.15) is 5.10 Å². The Balaban J connectivity index is 1.38. The molecule has 1 N–H and O–H groups in total. The maximum atomic E-state index is 12.4. The standard InChI is InChI=1S/C21H30N6O2/c1-25-15-23-19(13-20(25)28)22-14-17-7-4-5-9-26(17)10-11-27-21(29)12-16-6-2-3-8-18(16)24-27/h12-13,15,17,22H,2-11,14H2,1H3. The van der Waals surface area contributed by atoms with Crippen molar-refractivity contribution in [1.82, 2.24) is 24.2 Å². The molecule has 0 radical (unpaired) electrons. The lowest BCUT2D eigenvalue weighted by Crippen LogP contribution is -2.46. The van der Waals surface area contributed by atoms with Gasteiger partial charge in [-0.05, 0) is 50.6 Å². The molecule has 8 heteroatoms. The zero-order valence-corrected chi connectivity index (χ0v) is 17.1. The summed E-state index contributed by atoms with van der Waals surface area (Å²) in [7, 11) is 1.69. The predicted octanol–water partition coefficient (Wildman–Crippen LogP) is 1.18. The minimum Gasteiger partial charge on any atom is -0.368 e. The summed E-state index contributed by atoms with van der Waals surface area (Å²) in [5, 5.41) is 7.96. The van der Waals surface area contributed by atoms with Gasteiger partial charge >= 0.3 is 0 Å². The van der Waals surface area contributed by atoms with E-state index in [1.165, 1.54) is 29.8 Å². The quantitative estimate of drug-likeness (QED) is 0.787. The van der Waals surface area contributed by atoms with E-state index in [0.717, 1.165) is 63.0 Å². The lowest BCUT2D eigenvalue weighted by Gasteiger charge is -2.36. The summed E-state index contributed by atoms with van der Waals surface area (Å²) < 4.78 is 3.10. The lowest BCUT2D eigenvalue weighted by atomic mass is 9.97. The van der Waals surface area contributed by atoms with Crippen LogP contribution >= 0.6 is 0 Å². The van der Waals surface area contributed by atoms with E-state index in [1.807, 2.05) is 0 Å². The van der Waals surface area contributed by atoms with Gasteiger partial charge in [-0.25, -0.2) is 9.67 Å². The molecule has 1 saturated heterocycles. The summed E-state index contributed by atoms with van der Waals surface area (Å²) in [6.45, 7) is 3.19. The van der Waals surface area contributed by atoms with Gasteiger partial charge in [0.15, 0.2) is 0 Å². The van der Waals surface area contributed by atoms with E-state index < -0.39 is 0 Å². The molecule has 1 aliphatic heterocycles. The van der Waals surface area contributed by atoms with Crippen molar-refractivity contribution < 1.29 is 0 Å². The first kappa shape index (κ1) is 19.8. The van der Waals surface area contributed by atoms with Crippen LogP contribution in [0, 0.1) is 0 Å². The largest absolute Gasteiger partial charge is 0.368 e. The molecule has 0 spiro atoms. The van der Waals surface area contributed by atoms with Crippen LogP contribution in [0.3, 0.4) is 0 Å². The zero-order valence-electron chi connectivity index (χ0n) is 17.1. The topological polar surface area (TPSA) is 85.1 Å². The van der Waals surface area contributed by atoms with Crippen molar-refractivity contribution in [3.63, 3.8) is 0 Å². The summed E-state index contributed by atoms with van der Waals surface area (Å²) in [4.78, 5) is 30.9. The molecular weight excluding hydrogens is 368 g/mol. The molecular formula is C21H30N6O2. The van der Waals surface area contributed by atoms with Crippen molar-refractivity contribution in [2.24, 2.45) is 7.05 Å². The van der Waals surface area contributed by atoms with Crippen LogP contribution in [0.15, 0.2) is 28.0 Å². The smallest absolute Gasteiger partial charge is 0.267 e. The van der Waals surface area contributed by atoms with Crippen LogP contribution in [0.1, 0.15) is 43.4 Å². The normalized spacial score (nSPS) is 19.7. The summed E-state index contributed by atoms with van der Waals surface area (Å²) in [5.41, 5.74) is 2.19. The van der Waals surface area contributed by atoms with Crippen LogP contribution < -0.4 is 16.4 Å². The third kappa shape index (κ3) is 4.75. The van der Waals surface area contributed by atoms with Gasteiger partial charge in [0.25, 0.3) is 11.1 Å². The number of rotatable bonds is 6. The maximum absolute atomic E-state index is 12.4. The summed E-state index contributed by atoms with van der Waals surface area (Å²) in [6, 6.07) is 3.69. The highest BCUT2D eigenvalue weighted by Gasteiger charge is 2.22. The molecule has 0 saturated carbocycles. The van der Waals surface area contributed by atoms with E-state index in [-0.39, 0.29) is 11.1 Å². The third-order valence-corrected chi connectivity index (χ3v) is 6.12. The first-order valence-electron chi connectivity index (χ1n) is 10.7. The SMILES string of the molecule is Cn1cnc(NCC2CCCCN2CCn2nc3c(cc2=O)CCCC3)cc1=O. The van der Waals surface area contributed by atoms with Crippen LogP contribution in [-0.4, -0.2) is 49.9 Å². The molecule has 3 heterocycles. The van der Waals surface area contributed by atoms with Gasteiger partial charge in [-0.3, -0.25) is 14.5 Å². The second-order valence-corrected chi connectivity index (χ2v) is 8.17. The zero-order chi connectivity index (χ0) is 20.2. The Morgan fingerprint density at radius 2 is 1.93 bits per heavy atom. The number of aryl methyl sites for hydroxylation is 3. The molecule has 1 fully saturated rings. The number of hydrogen-bond acceptors (Lipinski definition) is 6. The Kier molecular flexibility index (Phi) is 6.08. The number of likely N-dealkylation sites (tertiary alicyclic amines) is 1. The van der Waals surface area contributed by atoms with Crippen molar-refractivity contribution in [2.45, 2.75) is 57.5 Å². The Bertz CT molecular complexity index is 966. The van der Waals surface area contributed by atoms with Gasteiger partial charge in [0.05, 0.1) is 18.6 Å². The number of hydrogen-bond donors (Lipinski definition) is 1. The number of fused-ring (bicyclic) bond motifs is 1. The summed E-state index contributed by atoms with van der Waals surface area (Å²) in [6.07, 6.45) is 9.29. The first-order valence-corrected chi connectivity index (χ1v) is 10.7. The molecule has 1 unspecified atom stereocenters. The third-order valence-electron chi connectivity index (χ3n) is 6.12. The van der Waals surface area contributed by atoms with Crippen LogP contribution in [0.25, 0.3) is 0 Å². The van der Waals surface area contributed by atoms with Crippen LogP contribution in [0.2, 0.25) is 0 Å². The Labute approximate surface area is 170 Å². The van der Waals surface area contributed by atoms with Crippen LogP contribution in [0.5, 0.6) is 0 Å². The Hall–Kier alpha value is -2.48. The second-order valence-electron chi connectivity index (χ2n) is 8.17. The van der Waals surface area contributed by atoms with Gasteiger partial charge in [-0.1, -0.05) is 6.42 Å². The highest BCUT2D eigenvalue weighted by atomic mass is 16.1. The molecule has 4 rings (SSSR count). The molecule has 0 amide bonds. The van der Waals surface area contributed by atoms with Gasteiger partial charge in [0.1, 0.15) is 5.82 Å². The van der Waals surface area contributed by atoms with Gasteiger partial charge in [-0.15, -0.1) is 0 Å². The van der Waals surface area contributed by atoms with Crippen molar-refractivity contribution in [1.29, 1.82) is 0 Å². The molecule has 2 aromatic rings. The maximum Gasteiger partial charge on any atom is 0.267 e. The monoisotopic (exact) mass is 398 g/mol. The minimum atomic E-state index is -0.0686. The van der Waals surface area contributed by atoms with Crippen molar-refractivity contribution in [3.8, 4) is 0 Å².